The average molecular weight is 502 g/mol. The molecular formula is C28H43N3O5. The Morgan fingerprint density at radius 3 is 2.33 bits per heavy atom. The minimum Gasteiger partial charge on any atom is -0.394 e. The summed E-state index contributed by atoms with van der Waals surface area (Å²) in [6.45, 7) is 11.3. The lowest BCUT2D eigenvalue weighted by Gasteiger charge is -2.41. The molecule has 36 heavy (non-hydrogen) atoms. The second-order valence-electron chi connectivity index (χ2n) is 10.8. The van der Waals surface area contributed by atoms with E-state index in [4.69, 9.17) is 4.74 Å². The van der Waals surface area contributed by atoms with Crippen LogP contribution in [0.4, 0.5) is 0 Å². The summed E-state index contributed by atoms with van der Waals surface area (Å²) >= 11 is 0. The van der Waals surface area contributed by atoms with Crippen molar-refractivity contribution < 1.29 is 24.2 Å². The van der Waals surface area contributed by atoms with Gasteiger partial charge in [-0.1, -0.05) is 58.4 Å². The lowest BCUT2D eigenvalue weighted by atomic mass is 9.73. The van der Waals surface area contributed by atoms with Crippen molar-refractivity contribution >= 4 is 17.7 Å². The van der Waals surface area contributed by atoms with E-state index in [-0.39, 0.29) is 30.4 Å². The molecule has 0 aromatic carbocycles. The third-order valence-electron chi connectivity index (χ3n) is 8.80. The lowest BCUT2D eigenvalue weighted by molar-refractivity contribution is -0.158. The van der Waals surface area contributed by atoms with Gasteiger partial charge in [0.2, 0.25) is 17.7 Å². The Balaban J connectivity index is 1.90. The second-order valence-corrected chi connectivity index (χ2v) is 10.8. The number of carbonyl (C=O) groups is 3. The van der Waals surface area contributed by atoms with Crippen molar-refractivity contribution in [2.45, 2.75) is 96.1 Å². The zero-order valence-corrected chi connectivity index (χ0v) is 22.5. The molecule has 4 aliphatic rings. The number of aliphatic hydroxyl groups excluding tert-OH is 1. The van der Waals surface area contributed by atoms with E-state index in [1.54, 1.807) is 4.90 Å². The Hall–Kier alpha value is -2.19. The Labute approximate surface area is 215 Å². The summed E-state index contributed by atoms with van der Waals surface area (Å²) in [6.07, 6.45) is 11.4. The van der Waals surface area contributed by atoms with E-state index < -0.39 is 35.1 Å². The first kappa shape index (κ1) is 26.9. The van der Waals surface area contributed by atoms with Crippen molar-refractivity contribution in [3.8, 4) is 0 Å². The average Bonchev–Trinajstić information content (AvgIpc) is 3.15. The summed E-state index contributed by atoms with van der Waals surface area (Å²) in [4.78, 5) is 47.9. The van der Waals surface area contributed by atoms with Gasteiger partial charge >= 0.3 is 0 Å². The molecule has 8 heteroatoms. The summed E-state index contributed by atoms with van der Waals surface area (Å²) in [5.74, 6) is -2.05. The third-order valence-corrected chi connectivity index (χ3v) is 8.80. The zero-order valence-electron chi connectivity index (χ0n) is 22.5. The van der Waals surface area contributed by atoms with Crippen molar-refractivity contribution in [1.82, 2.24) is 14.7 Å². The smallest absolute Gasteiger partial charge is 0.249 e. The van der Waals surface area contributed by atoms with Gasteiger partial charge in [-0.25, -0.2) is 0 Å². The number of hydrogen-bond donors (Lipinski definition) is 1. The van der Waals surface area contributed by atoms with Gasteiger partial charge in [-0.05, 0) is 32.6 Å². The van der Waals surface area contributed by atoms with Crippen LogP contribution in [0.2, 0.25) is 0 Å². The highest BCUT2D eigenvalue weighted by atomic mass is 16.5. The molecule has 1 spiro atoms. The maximum absolute atomic E-state index is 14.3. The van der Waals surface area contributed by atoms with Gasteiger partial charge in [-0.15, -0.1) is 0 Å². The van der Waals surface area contributed by atoms with E-state index in [0.29, 0.717) is 32.5 Å². The van der Waals surface area contributed by atoms with Crippen LogP contribution in [0.15, 0.2) is 24.3 Å². The monoisotopic (exact) mass is 501 g/mol. The highest BCUT2D eigenvalue weighted by Crippen LogP contribution is 2.59. The number of aliphatic hydroxyl groups is 1. The molecule has 200 valence electrons. The van der Waals surface area contributed by atoms with E-state index >= 15 is 0 Å². The van der Waals surface area contributed by atoms with Crippen LogP contribution in [0, 0.1) is 11.8 Å². The number of likely N-dealkylation sites (tertiary alicyclic amines) is 1. The van der Waals surface area contributed by atoms with Crippen LogP contribution in [0.1, 0.15) is 66.7 Å². The molecule has 2 unspecified atom stereocenters. The molecule has 7 atom stereocenters. The summed E-state index contributed by atoms with van der Waals surface area (Å²) in [6, 6.07) is -1.44. The molecule has 8 nitrogen and oxygen atoms in total. The molecule has 1 N–H and O–H groups in total. The summed E-state index contributed by atoms with van der Waals surface area (Å²) < 4.78 is 6.96. The third kappa shape index (κ3) is 3.83. The minimum absolute atomic E-state index is 0.00101. The molecule has 4 heterocycles. The Kier molecular flexibility index (Phi) is 7.68. The Bertz CT molecular complexity index is 930. The first-order valence-electron chi connectivity index (χ1n) is 13.8. The van der Waals surface area contributed by atoms with Gasteiger partial charge in [0.25, 0.3) is 0 Å². The van der Waals surface area contributed by atoms with Gasteiger partial charge in [-0.3, -0.25) is 14.4 Å². The van der Waals surface area contributed by atoms with Crippen LogP contribution in [0.3, 0.4) is 0 Å². The molecule has 2 fully saturated rings. The summed E-state index contributed by atoms with van der Waals surface area (Å²) in [5.41, 5.74) is -2.21. The number of ether oxygens (including phenoxy) is 1. The summed E-state index contributed by atoms with van der Waals surface area (Å²) in [7, 11) is 0. The molecule has 0 aromatic rings. The SMILES string of the molecule is CCCC(C)N1CC=C[C@]23O[C@@]4(CC)C=CCN(CCC)C(=O)[C@H]4[C@H]2C(=O)N([C@@H](CC)CO)C3C1=O. The van der Waals surface area contributed by atoms with Gasteiger partial charge in [0, 0.05) is 25.7 Å². The van der Waals surface area contributed by atoms with Crippen molar-refractivity contribution in [3.63, 3.8) is 0 Å². The number of carbonyl (C=O) groups excluding carboxylic acids is 3. The maximum Gasteiger partial charge on any atom is 0.249 e. The molecule has 0 aromatic heterocycles. The fourth-order valence-corrected chi connectivity index (χ4v) is 7.02. The molecule has 0 bridgehead atoms. The van der Waals surface area contributed by atoms with E-state index in [0.717, 1.165) is 19.3 Å². The molecule has 2 saturated heterocycles. The van der Waals surface area contributed by atoms with Gasteiger partial charge in [0.15, 0.2) is 0 Å². The summed E-state index contributed by atoms with van der Waals surface area (Å²) in [5, 5.41) is 10.2. The minimum atomic E-state index is -1.26. The van der Waals surface area contributed by atoms with E-state index in [9.17, 15) is 19.5 Å². The highest BCUT2D eigenvalue weighted by Gasteiger charge is 2.75. The second kappa shape index (κ2) is 10.3. The number of nitrogens with zero attached hydrogens (tertiary/aromatic N) is 3. The zero-order chi connectivity index (χ0) is 26.3. The number of hydrogen-bond acceptors (Lipinski definition) is 5. The van der Waals surface area contributed by atoms with Crippen molar-refractivity contribution in [3.05, 3.63) is 24.3 Å². The van der Waals surface area contributed by atoms with E-state index in [1.165, 1.54) is 0 Å². The fourth-order valence-electron chi connectivity index (χ4n) is 7.02. The number of amides is 3. The molecule has 4 rings (SSSR count). The Morgan fingerprint density at radius 2 is 1.72 bits per heavy atom. The standard InChI is InChI=1S/C28H43N3O5/c1-6-12-19(5)30-17-11-14-28-22(25(34)31(20(8-3)18-32)23(28)26(30)35)21-24(33)29(15-7-2)16-10-13-27(21,9-4)36-28/h10-11,13-14,19-23,32H,6-9,12,15-18H2,1-5H3/t19?,20-,21+,22-,23?,27-,28-/m0/s1. The van der Waals surface area contributed by atoms with Crippen LogP contribution < -0.4 is 0 Å². The molecule has 4 aliphatic heterocycles. The highest BCUT2D eigenvalue weighted by molar-refractivity contribution is 6.00. The predicted octanol–water partition coefficient (Wildman–Crippen LogP) is 2.51. The van der Waals surface area contributed by atoms with Crippen molar-refractivity contribution in [2.24, 2.45) is 11.8 Å². The topological polar surface area (TPSA) is 90.4 Å². The fraction of sp³-hybridized carbons (Fsp3) is 0.750. The van der Waals surface area contributed by atoms with E-state index in [1.807, 2.05) is 61.8 Å². The molecule has 3 amide bonds. The molecular weight excluding hydrogens is 458 g/mol. The van der Waals surface area contributed by atoms with Gasteiger partial charge in [0.05, 0.1) is 30.1 Å². The van der Waals surface area contributed by atoms with Crippen LogP contribution in [-0.2, 0) is 19.1 Å². The lowest BCUT2D eigenvalue weighted by Crippen LogP contribution is -2.59. The van der Waals surface area contributed by atoms with Crippen LogP contribution in [0.5, 0.6) is 0 Å². The van der Waals surface area contributed by atoms with Crippen LogP contribution in [0.25, 0.3) is 0 Å². The Morgan fingerprint density at radius 1 is 1.00 bits per heavy atom. The van der Waals surface area contributed by atoms with E-state index in [2.05, 4.69) is 6.92 Å². The molecule has 0 aliphatic carbocycles. The van der Waals surface area contributed by atoms with Crippen molar-refractivity contribution in [2.75, 3.05) is 26.2 Å². The van der Waals surface area contributed by atoms with Gasteiger partial charge in [0.1, 0.15) is 11.6 Å². The van der Waals surface area contributed by atoms with Crippen molar-refractivity contribution in [1.29, 1.82) is 0 Å². The normalized spacial score (nSPS) is 35.4. The number of fused-ring (bicyclic) bond motifs is 2. The molecule has 0 radical (unpaired) electrons. The molecule has 0 saturated carbocycles. The maximum atomic E-state index is 14.3. The first-order chi connectivity index (χ1) is 17.3. The van der Waals surface area contributed by atoms with Gasteiger partial charge < -0.3 is 24.5 Å². The van der Waals surface area contributed by atoms with Gasteiger partial charge in [-0.2, -0.15) is 0 Å². The van der Waals surface area contributed by atoms with Crippen LogP contribution >= 0.6 is 0 Å². The predicted molar refractivity (Wildman–Crippen MR) is 137 cm³/mol. The number of rotatable bonds is 9. The quantitative estimate of drug-likeness (QED) is 0.491. The van der Waals surface area contributed by atoms with Crippen LogP contribution in [-0.4, -0.2) is 93.1 Å². The first-order valence-corrected chi connectivity index (χ1v) is 13.8. The largest absolute Gasteiger partial charge is 0.394 e.